The molecule has 5 nitrogen and oxygen atoms in total. The van der Waals surface area contributed by atoms with E-state index in [0.717, 1.165) is 25.2 Å². The highest BCUT2D eigenvalue weighted by molar-refractivity contribution is 7.89. The summed E-state index contributed by atoms with van der Waals surface area (Å²) >= 11 is 0. The van der Waals surface area contributed by atoms with E-state index in [2.05, 4.69) is 4.90 Å². The van der Waals surface area contributed by atoms with Crippen LogP contribution < -0.4 is 10.6 Å². The van der Waals surface area contributed by atoms with E-state index in [9.17, 15) is 8.42 Å². The van der Waals surface area contributed by atoms with Gasteiger partial charge in [0.25, 0.3) is 0 Å². The van der Waals surface area contributed by atoms with Crippen LogP contribution in [0, 0.1) is 0 Å². The molecule has 1 aromatic rings. The Kier molecular flexibility index (Phi) is 3.61. The maximum atomic E-state index is 12.1. The molecule has 0 aliphatic carbocycles. The minimum atomic E-state index is -3.36. The summed E-state index contributed by atoms with van der Waals surface area (Å²) in [4.78, 5) is 2.49. The van der Waals surface area contributed by atoms with Gasteiger partial charge in [0.05, 0.1) is 4.90 Å². The Morgan fingerprint density at radius 2 is 2.11 bits per heavy atom. The molecule has 0 unspecified atom stereocenters. The Bertz CT molecular complexity index is 538. The van der Waals surface area contributed by atoms with Gasteiger partial charge in [-0.05, 0) is 24.1 Å². The first-order chi connectivity index (χ1) is 8.46. The number of fused-ring (bicyclic) bond motifs is 1. The molecule has 1 aliphatic rings. The van der Waals surface area contributed by atoms with Crippen LogP contribution in [0.2, 0.25) is 0 Å². The van der Waals surface area contributed by atoms with Crippen LogP contribution in [0.1, 0.15) is 5.56 Å². The van der Waals surface area contributed by atoms with Crippen molar-refractivity contribution in [2.75, 3.05) is 38.6 Å². The summed E-state index contributed by atoms with van der Waals surface area (Å²) < 4.78 is 25.4. The van der Waals surface area contributed by atoms with Gasteiger partial charge in [0.2, 0.25) is 10.0 Å². The molecule has 0 fully saturated rings. The molecule has 0 radical (unpaired) electrons. The average Bonchev–Trinajstić information content (AvgIpc) is 2.72. The second-order valence-electron chi connectivity index (χ2n) is 4.60. The molecule has 1 aliphatic heterocycles. The van der Waals surface area contributed by atoms with Crippen molar-refractivity contribution in [2.24, 2.45) is 5.73 Å². The molecule has 0 atom stereocenters. The number of nitrogens with two attached hydrogens (primary N) is 1. The van der Waals surface area contributed by atoms with Crippen molar-refractivity contribution in [1.82, 2.24) is 4.31 Å². The fourth-order valence-electron chi connectivity index (χ4n) is 2.18. The number of hydrogen-bond acceptors (Lipinski definition) is 4. The van der Waals surface area contributed by atoms with E-state index in [4.69, 9.17) is 5.73 Å². The number of rotatable bonds is 4. The summed E-state index contributed by atoms with van der Waals surface area (Å²) in [5.74, 6) is 0. The SMILES string of the molecule is CN(C)S(=O)(=O)c1ccc2c(c1)N(CCN)CC2. The zero-order valence-corrected chi connectivity index (χ0v) is 11.6. The topological polar surface area (TPSA) is 66.6 Å². The molecule has 100 valence electrons. The van der Waals surface area contributed by atoms with Crippen molar-refractivity contribution < 1.29 is 8.42 Å². The van der Waals surface area contributed by atoms with Gasteiger partial charge in [-0.15, -0.1) is 0 Å². The van der Waals surface area contributed by atoms with Crippen LogP contribution in [0.25, 0.3) is 0 Å². The molecule has 1 aromatic carbocycles. The quantitative estimate of drug-likeness (QED) is 0.851. The first kappa shape index (κ1) is 13.3. The monoisotopic (exact) mass is 269 g/mol. The lowest BCUT2D eigenvalue weighted by Crippen LogP contribution is -2.27. The average molecular weight is 269 g/mol. The summed E-state index contributed by atoms with van der Waals surface area (Å²) in [6.45, 7) is 2.25. The summed E-state index contributed by atoms with van der Waals surface area (Å²) in [6, 6.07) is 5.34. The van der Waals surface area contributed by atoms with Crippen LogP contribution in [0.3, 0.4) is 0 Å². The maximum Gasteiger partial charge on any atom is 0.242 e. The highest BCUT2D eigenvalue weighted by Crippen LogP contribution is 2.30. The third kappa shape index (κ3) is 2.23. The lowest BCUT2D eigenvalue weighted by atomic mass is 10.2. The Labute approximate surface area is 108 Å². The smallest absolute Gasteiger partial charge is 0.242 e. The van der Waals surface area contributed by atoms with Crippen LogP contribution in [0.5, 0.6) is 0 Å². The summed E-state index contributed by atoms with van der Waals surface area (Å²) in [5, 5.41) is 0. The number of nitrogens with zero attached hydrogens (tertiary/aromatic N) is 2. The first-order valence-corrected chi connectivity index (χ1v) is 7.41. The van der Waals surface area contributed by atoms with E-state index >= 15 is 0 Å². The molecule has 0 bridgehead atoms. The van der Waals surface area contributed by atoms with Crippen LogP contribution in [0.4, 0.5) is 5.69 Å². The van der Waals surface area contributed by atoms with Gasteiger partial charge in [-0.3, -0.25) is 0 Å². The first-order valence-electron chi connectivity index (χ1n) is 5.97. The highest BCUT2D eigenvalue weighted by atomic mass is 32.2. The Hall–Kier alpha value is -1.11. The van der Waals surface area contributed by atoms with E-state index in [-0.39, 0.29) is 0 Å². The molecular formula is C12H19N3O2S. The summed E-state index contributed by atoms with van der Waals surface area (Å²) in [6.07, 6.45) is 0.956. The van der Waals surface area contributed by atoms with E-state index in [1.54, 1.807) is 26.2 Å². The molecule has 2 rings (SSSR count). The van der Waals surface area contributed by atoms with Gasteiger partial charge < -0.3 is 10.6 Å². The highest BCUT2D eigenvalue weighted by Gasteiger charge is 2.23. The second kappa shape index (κ2) is 4.87. The van der Waals surface area contributed by atoms with Crippen LogP contribution in [-0.2, 0) is 16.4 Å². The molecule has 0 amide bonds. The van der Waals surface area contributed by atoms with E-state index in [1.807, 2.05) is 6.07 Å². The zero-order chi connectivity index (χ0) is 13.3. The lowest BCUT2D eigenvalue weighted by molar-refractivity contribution is 0.521. The number of sulfonamides is 1. The molecule has 2 N–H and O–H groups in total. The third-order valence-electron chi connectivity index (χ3n) is 3.23. The van der Waals surface area contributed by atoms with Crippen molar-refractivity contribution in [3.8, 4) is 0 Å². The molecule has 0 saturated carbocycles. The van der Waals surface area contributed by atoms with Crippen molar-refractivity contribution in [1.29, 1.82) is 0 Å². The molecule has 0 saturated heterocycles. The standard InChI is InChI=1S/C12H19N3O2S/c1-14(2)18(16,17)11-4-3-10-5-7-15(8-6-13)12(10)9-11/h3-4,9H,5-8,13H2,1-2H3. The van der Waals surface area contributed by atoms with Gasteiger partial charge in [-0.2, -0.15) is 0 Å². The van der Waals surface area contributed by atoms with E-state index in [1.165, 1.54) is 9.87 Å². The number of anilines is 1. The third-order valence-corrected chi connectivity index (χ3v) is 5.04. The lowest BCUT2D eigenvalue weighted by Gasteiger charge is -2.19. The zero-order valence-electron chi connectivity index (χ0n) is 10.8. The number of benzene rings is 1. The van der Waals surface area contributed by atoms with Crippen LogP contribution in [0.15, 0.2) is 23.1 Å². The van der Waals surface area contributed by atoms with Crippen molar-refractivity contribution in [3.05, 3.63) is 23.8 Å². The fraction of sp³-hybridized carbons (Fsp3) is 0.500. The van der Waals surface area contributed by atoms with Crippen molar-refractivity contribution in [2.45, 2.75) is 11.3 Å². The minimum Gasteiger partial charge on any atom is -0.370 e. The van der Waals surface area contributed by atoms with E-state index < -0.39 is 10.0 Å². The summed E-state index contributed by atoms with van der Waals surface area (Å²) in [5.41, 5.74) is 7.77. The molecule has 18 heavy (non-hydrogen) atoms. The predicted octanol–water partition coefficient (Wildman–Crippen LogP) is 0.258. The van der Waals surface area contributed by atoms with E-state index in [0.29, 0.717) is 11.4 Å². The number of hydrogen-bond donors (Lipinski definition) is 1. The maximum absolute atomic E-state index is 12.1. The summed E-state index contributed by atoms with van der Waals surface area (Å²) in [7, 11) is -0.278. The molecular weight excluding hydrogens is 250 g/mol. The van der Waals surface area contributed by atoms with Crippen molar-refractivity contribution >= 4 is 15.7 Å². The van der Waals surface area contributed by atoms with Crippen LogP contribution in [-0.4, -0.2) is 46.5 Å². The molecule has 6 heteroatoms. The molecule has 1 heterocycles. The Morgan fingerprint density at radius 1 is 1.39 bits per heavy atom. The minimum absolute atomic E-state index is 0.343. The van der Waals surface area contributed by atoms with Gasteiger partial charge in [-0.1, -0.05) is 6.07 Å². The van der Waals surface area contributed by atoms with Gasteiger partial charge in [0.15, 0.2) is 0 Å². The van der Waals surface area contributed by atoms with Gasteiger partial charge in [0, 0.05) is 39.4 Å². The van der Waals surface area contributed by atoms with Gasteiger partial charge >= 0.3 is 0 Å². The largest absolute Gasteiger partial charge is 0.370 e. The van der Waals surface area contributed by atoms with Crippen LogP contribution >= 0.6 is 0 Å². The normalized spacial score (nSPS) is 15.2. The molecule has 0 spiro atoms. The fourth-order valence-corrected chi connectivity index (χ4v) is 3.11. The second-order valence-corrected chi connectivity index (χ2v) is 6.76. The molecule has 0 aromatic heterocycles. The van der Waals surface area contributed by atoms with Crippen molar-refractivity contribution in [3.63, 3.8) is 0 Å². The van der Waals surface area contributed by atoms with Gasteiger partial charge in [0.1, 0.15) is 0 Å². The predicted molar refractivity (Wildman–Crippen MR) is 72.3 cm³/mol. The van der Waals surface area contributed by atoms with Gasteiger partial charge in [-0.25, -0.2) is 12.7 Å². The Morgan fingerprint density at radius 3 is 2.72 bits per heavy atom. The Balaban J connectivity index is 2.41.